The van der Waals surface area contributed by atoms with Crippen LogP contribution in [0.5, 0.6) is 0 Å². The molecule has 0 spiro atoms. The van der Waals surface area contributed by atoms with Crippen molar-refractivity contribution >= 4 is 0 Å². The van der Waals surface area contributed by atoms with Crippen molar-refractivity contribution < 1.29 is 31.1 Å². The lowest BCUT2D eigenvalue weighted by Gasteiger charge is -2.19. The van der Waals surface area contributed by atoms with E-state index in [2.05, 4.69) is 6.07 Å². The summed E-state index contributed by atoms with van der Waals surface area (Å²) >= 11 is 0. The van der Waals surface area contributed by atoms with E-state index in [1.165, 1.54) is 0 Å². The normalized spacial score (nSPS) is 14.4. The molecular formula is C20H17F6NO. The summed E-state index contributed by atoms with van der Waals surface area (Å²) in [6.45, 7) is 1.31. The van der Waals surface area contributed by atoms with Crippen LogP contribution < -0.4 is 0 Å². The third kappa shape index (κ3) is 5.73. The molecule has 0 N–H and O–H groups in total. The second-order valence-corrected chi connectivity index (χ2v) is 6.42. The van der Waals surface area contributed by atoms with Gasteiger partial charge in [-0.05, 0) is 35.2 Å². The number of hydrogen-bond acceptors (Lipinski definition) is 2. The molecule has 0 bridgehead atoms. The van der Waals surface area contributed by atoms with Crippen LogP contribution in [0.25, 0.3) is 0 Å². The van der Waals surface area contributed by atoms with E-state index in [1.807, 2.05) is 0 Å². The molecule has 0 radical (unpaired) electrons. The Hall–Kier alpha value is -2.53. The van der Waals surface area contributed by atoms with Crippen LogP contribution in [-0.2, 0) is 23.7 Å². The van der Waals surface area contributed by atoms with Gasteiger partial charge in [0.2, 0.25) is 0 Å². The van der Waals surface area contributed by atoms with Gasteiger partial charge in [0.25, 0.3) is 0 Å². The molecule has 2 aromatic carbocycles. The van der Waals surface area contributed by atoms with E-state index in [1.54, 1.807) is 37.3 Å². The van der Waals surface area contributed by atoms with E-state index < -0.39 is 36.0 Å². The van der Waals surface area contributed by atoms with Crippen LogP contribution in [0.15, 0.2) is 48.5 Å². The molecule has 2 atom stereocenters. The molecule has 0 heterocycles. The van der Waals surface area contributed by atoms with Crippen molar-refractivity contribution in [2.24, 2.45) is 5.92 Å². The molecule has 0 saturated carbocycles. The highest BCUT2D eigenvalue weighted by molar-refractivity contribution is 5.33. The van der Waals surface area contributed by atoms with Crippen molar-refractivity contribution in [1.82, 2.24) is 0 Å². The molecule has 0 aliphatic heterocycles. The molecule has 28 heavy (non-hydrogen) atoms. The number of alkyl halides is 6. The van der Waals surface area contributed by atoms with Gasteiger partial charge in [-0.25, -0.2) is 0 Å². The zero-order valence-electron chi connectivity index (χ0n) is 14.8. The molecule has 0 amide bonds. The predicted octanol–water partition coefficient (Wildman–Crippen LogP) is 6.18. The van der Waals surface area contributed by atoms with Gasteiger partial charge in [-0.15, -0.1) is 0 Å². The highest BCUT2D eigenvalue weighted by Gasteiger charge is 2.36. The Morgan fingerprint density at radius 1 is 0.929 bits per heavy atom. The summed E-state index contributed by atoms with van der Waals surface area (Å²) < 4.78 is 82.6. The van der Waals surface area contributed by atoms with Gasteiger partial charge in [-0.1, -0.05) is 37.3 Å². The Labute approximate surface area is 158 Å². The smallest absolute Gasteiger partial charge is 0.376 e. The van der Waals surface area contributed by atoms with Crippen LogP contribution in [0.4, 0.5) is 26.3 Å². The van der Waals surface area contributed by atoms with Crippen molar-refractivity contribution in [3.8, 4) is 6.07 Å². The van der Waals surface area contributed by atoms with Gasteiger partial charge in [0, 0.05) is 0 Å². The van der Waals surface area contributed by atoms with E-state index in [0.29, 0.717) is 12.1 Å². The second-order valence-electron chi connectivity index (χ2n) is 6.42. The number of nitrogens with zero attached hydrogens (tertiary/aromatic N) is 1. The zero-order valence-corrected chi connectivity index (χ0v) is 14.8. The topological polar surface area (TPSA) is 33.0 Å². The lowest BCUT2D eigenvalue weighted by Crippen LogP contribution is -2.15. The molecule has 0 aliphatic rings. The lowest BCUT2D eigenvalue weighted by atomic mass is 9.89. The van der Waals surface area contributed by atoms with Gasteiger partial charge in [0.05, 0.1) is 36.3 Å². The minimum absolute atomic E-state index is 0.00468. The molecule has 0 aliphatic carbocycles. The molecule has 8 heteroatoms. The number of halogens is 6. The third-order valence-corrected chi connectivity index (χ3v) is 4.16. The summed E-state index contributed by atoms with van der Waals surface area (Å²) in [5.41, 5.74) is -2.23. The minimum atomic E-state index is -4.90. The SMILES string of the molecule is C[C@H](COCc1cc(C(F)(F)F)cc(C(F)(F)F)c1)C(C#N)c1ccccc1. The monoisotopic (exact) mass is 401 g/mol. The number of rotatable bonds is 6. The van der Waals surface area contributed by atoms with Gasteiger partial charge >= 0.3 is 12.4 Å². The summed E-state index contributed by atoms with van der Waals surface area (Å²) in [6, 6.07) is 12.4. The molecule has 2 nitrogen and oxygen atoms in total. The highest BCUT2D eigenvalue weighted by atomic mass is 19.4. The minimum Gasteiger partial charge on any atom is -0.376 e. The summed E-state index contributed by atoms with van der Waals surface area (Å²) in [7, 11) is 0. The maximum absolute atomic E-state index is 12.9. The highest BCUT2D eigenvalue weighted by Crippen LogP contribution is 2.36. The molecule has 2 rings (SSSR count). The number of nitriles is 1. The zero-order chi connectivity index (χ0) is 20.9. The van der Waals surface area contributed by atoms with Crippen molar-refractivity contribution in [2.45, 2.75) is 31.8 Å². The molecule has 2 aromatic rings. The van der Waals surface area contributed by atoms with Gasteiger partial charge in [-0.2, -0.15) is 31.6 Å². The van der Waals surface area contributed by atoms with Crippen molar-refractivity contribution in [3.63, 3.8) is 0 Å². The Balaban J connectivity index is 2.10. The summed E-state index contributed by atoms with van der Waals surface area (Å²) in [4.78, 5) is 0. The average molecular weight is 401 g/mol. The Morgan fingerprint density at radius 2 is 1.46 bits per heavy atom. The lowest BCUT2D eigenvalue weighted by molar-refractivity contribution is -0.143. The predicted molar refractivity (Wildman–Crippen MR) is 90.1 cm³/mol. The van der Waals surface area contributed by atoms with Crippen LogP contribution in [0.2, 0.25) is 0 Å². The van der Waals surface area contributed by atoms with E-state index in [-0.39, 0.29) is 24.2 Å². The maximum atomic E-state index is 12.9. The average Bonchev–Trinajstić information content (AvgIpc) is 2.61. The molecule has 150 valence electrons. The van der Waals surface area contributed by atoms with Crippen molar-refractivity contribution in [1.29, 1.82) is 5.26 Å². The first-order chi connectivity index (χ1) is 13.0. The summed E-state index contributed by atoms with van der Waals surface area (Å²) in [5.74, 6) is -0.811. The van der Waals surface area contributed by atoms with E-state index in [9.17, 15) is 31.6 Å². The van der Waals surface area contributed by atoms with Crippen molar-refractivity contribution in [2.75, 3.05) is 6.61 Å². The van der Waals surface area contributed by atoms with Gasteiger partial charge in [0.15, 0.2) is 0 Å². The first-order valence-electron chi connectivity index (χ1n) is 8.33. The number of hydrogen-bond donors (Lipinski definition) is 0. The molecular weight excluding hydrogens is 384 g/mol. The molecule has 0 fully saturated rings. The Kier molecular flexibility index (Phi) is 6.73. The van der Waals surface area contributed by atoms with Gasteiger partial charge in [0.1, 0.15) is 0 Å². The van der Waals surface area contributed by atoms with E-state index >= 15 is 0 Å². The van der Waals surface area contributed by atoms with Crippen LogP contribution in [-0.4, -0.2) is 6.61 Å². The van der Waals surface area contributed by atoms with Crippen molar-refractivity contribution in [3.05, 3.63) is 70.8 Å². The number of ether oxygens (including phenoxy) is 1. The molecule has 0 aromatic heterocycles. The Morgan fingerprint density at radius 3 is 1.93 bits per heavy atom. The van der Waals surface area contributed by atoms with E-state index in [0.717, 1.165) is 5.56 Å². The maximum Gasteiger partial charge on any atom is 0.416 e. The molecule has 1 unspecified atom stereocenters. The van der Waals surface area contributed by atoms with Crippen LogP contribution in [0.1, 0.15) is 35.1 Å². The standard InChI is InChI=1S/C20H17F6NO/c1-13(18(10-27)15-5-3-2-4-6-15)11-28-12-14-7-16(19(21,22)23)9-17(8-14)20(24,25)26/h2-9,13,18H,11-12H2,1H3/t13-,18?/m1/s1. The first-order valence-corrected chi connectivity index (χ1v) is 8.33. The van der Waals surface area contributed by atoms with E-state index in [4.69, 9.17) is 4.74 Å². The van der Waals surface area contributed by atoms with Gasteiger partial charge < -0.3 is 4.74 Å². The largest absolute Gasteiger partial charge is 0.416 e. The summed E-state index contributed by atoms with van der Waals surface area (Å²) in [5, 5.41) is 9.36. The third-order valence-electron chi connectivity index (χ3n) is 4.16. The fourth-order valence-corrected chi connectivity index (χ4v) is 2.75. The first kappa shape index (κ1) is 21.8. The van der Waals surface area contributed by atoms with Crippen LogP contribution in [0, 0.1) is 17.2 Å². The molecule has 0 saturated heterocycles. The fourth-order valence-electron chi connectivity index (χ4n) is 2.75. The van der Waals surface area contributed by atoms with Gasteiger partial charge in [-0.3, -0.25) is 0 Å². The summed E-state index contributed by atoms with van der Waals surface area (Å²) in [6.07, 6.45) is -9.80. The quantitative estimate of drug-likeness (QED) is 0.541. The fraction of sp³-hybridized carbons (Fsp3) is 0.350. The van der Waals surface area contributed by atoms with Crippen LogP contribution >= 0.6 is 0 Å². The number of benzene rings is 2. The second kappa shape index (κ2) is 8.65. The van der Waals surface area contributed by atoms with Crippen LogP contribution in [0.3, 0.4) is 0 Å². The Bertz CT molecular complexity index is 791.